The van der Waals surface area contributed by atoms with E-state index in [0.717, 1.165) is 37.1 Å². The molecular weight excluding hydrogens is 340 g/mol. The molecule has 1 aromatic rings. The summed E-state index contributed by atoms with van der Waals surface area (Å²) in [6.07, 6.45) is 6.71. The van der Waals surface area contributed by atoms with E-state index in [4.69, 9.17) is 9.47 Å². The molecule has 0 spiro atoms. The zero-order chi connectivity index (χ0) is 19.1. The third-order valence-corrected chi connectivity index (χ3v) is 5.65. The Morgan fingerprint density at radius 3 is 2.74 bits per heavy atom. The zero-order valence-electron chi connectivity index (χ0n) is 16.8. The molecule has 2 aliphatic heterocycles. The van der Waals surface area contributed by atoms with Gasteiger partial charge >= 0.3 is 0 Å². The summed E-state index contributed by atoms with van der Waals surface area (Å²) in [5, 5.41) is 3.08. The number of para-hydroxylation sites is 1. The van der Waals surface area contributed by atoms with E-state index in [-0.39, 0.29) is 24.2 Å². The van der Waals surface area contributed by atoms with Crippen molar-refractivity contribution >= 4 is 5.91 Å². The molecule has 150 valence electrons. The van der Waals surface area contributed by atoms with Crippen molar-refractivity contribution in [2.45, 2.75) is 70.6 Å². The molecule has 2 fully saturated rings. The van der Waals surface area contributed by atoms with Gasteiger partial charge < -0.3 is 14.8 Å². The van der Waals surface area contributed by atoms with Gasteiger partial charge in [0, 0.05) is 25.1 Å². The van der Waals surface area contributed by atoms with Crippen LogP contribution in [0.2, 0.25) is 0 Å². The minimum atomic E-state index is -0.0354. The van der Waals surface area contributed by atoms with E-state index in [1.165, 1.54) is 32.4 Å². The molecule has 5 heteroatoms. The zero-order valence-corrected chi connectivity index (χ0v) is 16.8. The van der Waals surface area contributed by atoms with Crippen LogP contribution >= 0.6 is 0 Å². The van der Waals surface area contributed by atoms with Crippen LogP contribution in [-0.2, 0) is 9.53 Å². The fraction of sp³-hybridized carbons (Fsp3) is 0.682. The number of piperidine rings is 1. The van der Waals surface area contributed by atoms with Crippen LogP contribution in [0.1, 0.15) is 64.0 Å². The van der Waals surface area contributed by atoms with Crippen molar-refractivity contribution in [1.82, 2.24) is 10.2 Å². The van der Waals surface area contributed by atoms with Crippen LogP contribution in [0, 0.1) is 0 Å². The normalized spacial score (nSPS) is 26.5. The Hall–Kier alpha value is -1.59. The first-order valence-electron chi connectivity index (χ1n) is 10.5. The summed E-state index contributed by atoms with van der Waals surface area (Å²) in [5.74, 6) is 0.944. The van der Waals surface area contributed by atoms with Gasteiger partial charge in [-0.3, -0.25) is 9.69 Å². The van der Waals surface area contributed by atoms with Crippen LogP contribution in [0.15, 0.2) is 24.3 Å². The summed E-state index contributed by atoms with van der Waals surface area (Å²) in [6, 6.07) is 8.36. The topological polar surface area (TPSA) is 50.8 Å². The first-order chi connectivity index (χ1) is 13.2. The van der Waals surface area contributed by atoms with Crippen molar-refractivity contribution in [2.24, 2.45) is 0 Å². The van der Waals surface area contributed by atoms with Crippen molar-refractivity contribution in [3.8, 4) is 5.75 Å². The van der Waals surface area contributed by atoms with E-state index < -0.39 is 0 Å². The number of hydrogen-bond donors (Lipinski definition) is 1. The second kappa shape index (κ2) is 10.1. The summed E-state index contributed by atoms with van der Waals surface area (Å²) in [6.45, 7) is 7.78. The molecule has 0 saturated carbocycles. The summed E-state index contributed by atoms with van der Waals surface area (Å²) < 4.78 is 12.5. The van der Waals surface area contributed by atoms with Crippen molar-refractivity contribution in [3.63, 3.8) is 0 Å². The molecule has 3 rings (SSSR count). The van der Waals surface area contributed by atoms with Gasteiger partial charge in [-0.05, 0) is 51.3 Å². The molecule has 5 nitrogen and oxygen atoms in total. The largest absolute Gasteiger partial charge is 0.492 e. The molecule has 0 aromatic heterocycles. The second-order valence-electron chi connectivity index (χ2n) is 7.81. The number of hydrogen-bond acceptors (Lipinski definition) is 4. The van der Waals surface area contributed by atoms with E-state index in [9.17, 15) is 4.79 Å². The van der Waals surface area contributed by atoms with E-state index in [2.05, 4.69) is 23.2 Å². The highest BCUT2D eigenvalue weighted by atomic mass is 16.5. The first-order valence-corrected chi connectivity index (χ1v) is 10.5. The predicted molar refractivity (Wildman–Crippen MR) is 107 cm³/mol. The van der Waals surface area contributed by atoms with Gasteiger partial charge in [0.05, 0.1) is 12.2 Å². The lowest BCUT2D eigenvalue weighted by atomic mass is 9.92. The molecule has 0 aliphatic carbocycles. The van der Waals surface area contributed by atoms with E-state index in [1.807, 2.05) is 18.2 Å². The van der Waals surface area contributed by atoms with Gasteiger partial charge in [-0.15, -0.1) is 0 Å². The van der Waals surface area contributed by atoms with E-state index >= 15 is 0 Å². The van der Waals surface area contributed by atoms with Crippen molar-refractivity contribution in [2.75, 3.05) is 26.2 Å². The van der Waals surface area contributed by atoms with Gasteiger partial charge in [0.15, 0.2) is 0 Å². The molecule has 27 heavy (non-hydrogen) atoms. The molecule has 0 bridgehead atoms. The molecule has 2 aliphatic rings. The number of nitrogens with zero attached hydrogens (tertiary/aromatic N) is 1. The van der Waals surface area contributed by atoms with Gasteiger partial charge in [-0.2, -0.15) is 0 Å². The van der Waals surface area contributed by atoms with Crippen LogP contribution in [0.5, 0.6) is 5.75 Å². The van der Waals surface area contributed by atoms with Crippen LogP contribution in [-0.4, -0.2) is 49.2 Å². The van der Waals surface area contributed by atoms with Crippen LogP contribution in [0.4, 0.5) is 0 Å². The minimum absolute atomic E-state index is 0.0292. The maximum Gasteiger partial charge on any atom is 0.217 e. The van der Waals surface area contributed by atoms with Gasteiger partial charge in [0.1, 0.15) is 12.4 Å². The highest BCUT2D eigenvalue weighted by molar-refractivity contribution is 5.73. The van der Waals surface area contributed by atoms with Gasteiger partial charge in [-0.25, -0.2) is 0 Å². The van der Waals surface area contributed by atoms with Gasteiger partial charge in [0.2, 0.25) is 5.91 Å². The number of likely N-dealkylation sites (tertiary alicyclic amines) is 1. The smallest absolute Gasteiger partial charge is 0.217 e. The Balaban J connectivity index is 1.63. The monoisotopic (exact) mass is 374 g/mol. The number of carbonyl (C=O) groups is 1. The maximum atomic E-state index is 11.5. The molecule has 2 heterocycles. The SMILES string of the molecule is CC[C@@H]1C[C@H](NC(C)=O)C[C@H](c2ccccc2OCCN2CCCCC2)O1. The van der Waals surface area contributed by atoms with E-state index in [1.54, 1.807) is 6.92 Å². The summed E-state index contributed by atoms with van der Waals surface area (Å²) in [5.41, 5.74) is 1.10. The third-order valence-electron chi connectivity index (χ3n) is 5.65. The third kappa shape index (κ3) is 5.94. The van der Waals surface area contributed by atoms with Crippen molar-refractivity contribution in [1.29, 1.82) is 0 Å². The molecule has 0 radical (unpaired) electrons. The first kappa shape index (κ1) is 20.2. The summed E-state index contributed by atoms with van der Waals surface area (Å²) >= 11 is 0. The highest BCUT2D eigenvalue weighted by Gasteiger charge is 2.31. The lowest BCUT2D eigenvalue weighted by Crippen LogP contribution is -2.42. The van der Waals surface area contributed by atoms with Crippen LogP contribution in [0.3, 0.4) is 0 Å². The predicted octanol–water partition coefficient (Wildman–Crippen LogP) is 3.69. The minimum Gasteiger partial charge on any atom is -0.492 e. The average Bonchev–Trinajstić information content (AvgIpc) is 2.68. The van der Waals surface area contributed by atoms with E-state index in [0.29, 0.717) is 6.61 Å². The molecule has 1 aromatic carbocycles. The van der Waals surface area contributed by atoms with Crippen LogP contribution < -0.4 is 10.1 Å². The average molecular weight is 375 g/mol. The van der Waals surface area contributed by atoms with Gasteiger partial charge in [0.25, 0.3) is 0 Å². The number of carbonyl (C=O) groups excluding carboxylic acids is 1. The van der Waals surface area contributed by atoms with Crippen molar-refractivity contribution in [3.05, 3.63) is 29.8 Å². The molecule has 3 atom stereocenters. The van der Waals surface area contributed by atoms with Crippen molar-refractivity contribution < 1.29 is 14.3 Å². The number of rotatable bonds is 7. The Morgan fingerprint density at radius 2 is 2.00 bits per heavy atom. The number of ether oxygens (including phenoxy) is 2. The molecule has 0 unspecified atom stereocenters. The standard InChI is InChI=1S/C22H34N2O3/c1-3-19-15-18(23-17(2)25)16-22(27-19)20-9-5-6-10-21(20)26-14-13-24-11-7-4-8-12-24/h5-6,9-10,18-19,22H,3-4,7-8,11-16H2,1-2H3,(H,23,25)/t18-,19+,22+/m0/s1. The molecule has 1 amide bonds. The lowest BCUT2D eigenvalue weighted by Gasteiger charge is -2.36. The Morgan fingerprint density at radius 1 is 1.22 bits per heavy atom. The Kier molecular flexibility index (Phi) is 7.53. The maximum absolute atomic E-state index is 11.5. The Labute approximate surface area is 163 Å². The number of nitrogens with one attached hydrogen (secondary N) is 1. The molecule has 2 saturated heterocycles. The quantitative estimate of drug-likeness (QED) is 0.791. The highest BCUT2D eigenvalue weighted by Crippen LogP contribution is 2.37. The Bertz CT molecular complexity index is 601. The molecule has 1 N–H and O–H groups in total. The summed E-state index contributed by atoms with van der Waals surface area (Å²) in [7, 11) is 0. The number of amides is 1. The lowest BCUT2D eigenvalue weighted by molar-refractivity contribution is -0.122. The summed E-state index contributed by atoms with van der Waals surface area (Å²) in [4.78, 5) is 14.0. The number of benzene rings is 1. The van der Waals surface area contributed by atoms with Crippen LogP contribution in [0.25, 0.3) is 0 Å². The van der Waals surface area contributed by atoms with Gasteiger partial charge in [-0.1, -0.05) is 31.5 Å². The molecular formula is C22H34N2O3. The second-order valence-corrected chi connectivity index (χ2v) is 7.81. The fourth-order valence-corrected chi connectivity index (χ4v) is 4.23. The fourth-order valence-electron chi connectivity index (χ4n) is 4.23.